The summed E-state index contributed by atoms with van der Waals surface area (Å²) in [5, 5.41) is 0. The van der Waals surface area contributed by atoms with Crippen LogP contribution in [-0.4, -0.2) is 11.6 Å². The third-order valence-corrected chi connectivity index (χ3v) is 2.65. The SMILES string of the molecule is CCCOc1nc2c(o1)CCCC2C. The lowest BCUT2D eigenvalue weighted by Gasteiger charge is -2.14. The fraction of sp³-hybridized carbons (Fsp3) is 0.727. The summed E-state index contributed by atoms with van der Waals surface area (Å²) >= 11 is 0. The molecular formula is C11H17NO2. The number of aromatic nitrogens is 1. The van der Waals surface area contributed by atoms with Crippen molar-refractivity contribution in [2.24, 2.45) is 0 Å². The molecule has 1 aromatic heterocycles. The first-order valence-corrected chi connectivity index (χ1v) is 5.43. The van der Waals surface area contributed by atoms with Crippen LogP contribution in [0, 0.1) is 0 Å². The summed E-state index contributed by atoms with van der Waals surface area (Å²) in [6, 6.07) is 0. The number of rotatable bonds is 3. The molecule has 2 rings (SSSR count). The van der Waals surface area contributed by atoms with Crippen molar-refractivity contribution in [3.05, 3.63) is 11.5 Å². The molecule has 0 fully saturated rings. The zero-order valence-corrected chi connectivity index (χ0v) is 8.88. The molecule has 1 aliphatic rings. The number of aryl methyl sites for hydroxylation is 1. The second kappa shape index (κ2) is 4.03. The van der Waals surface area contributed by atoms with Gasteiger partial charge in [-0.3, -0.25) is 0 Å². The van der Waals surface area contributed by atoms with Gasteiger partial charge in [-0.1, -0.05) is 13.8 Å². The Labute approximate surface area is 84.5 Å². The summed E-state index contributed by atoms with van der Waals surface area (Å²) < 4.78 is 10.9. The molecular weight excluding hydrogens is 178 g/mol. The van der Waals surface area contributed by atoms with Crippen LogP contribution in [0.5, 0.6) is 6.08 Å². The van der Waals surface area contributed by atoms with E-state index in [1.54, 1.807) is 0 Å². The van der Waals surface area contributed by atoms with Gasteiger partial charge in [0.2, 0.25) is 0 Å². The molecule has 1 atom stereocenters. The fourth-order valence-electron chi connectivity index (χ4n) is 1.86. The van der Waals surface area contributed by atoms with Gasteiger partial charge in [-0.05, 0) is 19.3 Å². The van der Waals surface area contributed by atoms with Gasteiger partial charge in [-0.2, -0.15) is 4.98 Å². The zero-order chi connectivity index (χ0) is 9.97. The number of nitrogens with zero attached hydrogens (tertiary/aromatic N) is 1. The van der Waals surface area contributed by atoms with Crippen molar-refractivity contribution in [2.75, 3.05) is 6.61 Å². The fourth-order valence-corrected chi connectivity index (χ4v) is 1.86. The lowest BCUT2D eigenvalue weighted by Crippen LogP contribution is -2.05. The van der Waals surface area contributed by atoms with E-state index in [4.69, 9.17) is 9.15 Å². The van der Waals surface area contributed by atoms with Crippen molar-refractivity contribution in [1.82, 2.24) is 4.98 Å². The van der Waals surface area contributed by atoms with E-state index in [9.17, 15) is 0 Å². The average molecular weight is 195 g/mol. The quantitative estimate of drug-likeness (QED) is 0.743. The Bertz CT molecular complexity index is 306. The van der Waals surface area contributed by atoms with E-state index in [1.165, 1.54) is 12.8 Å². The number of oxazole rings is 1. The predicted molar refractivity (Wildman–Crippen MR) is 53.6 cm³/mol. The summed E-state index contributed by atoms with van der Waals surface area (Å²) in [5.41, 5.74) is 1.11. The molecule has 1 unspecified atom stereocenters. The normalized spacial score (nSPS) is 20.6. The van der Waals surface area contributed by atoms with Gasteiger partial charge >= 0.3 is 6.08 Å². The van der Waals surface area contributed by atoms with Gasteiger partial charge in [0.1, 0.15) is 5.76 Å². The minimum atomic E-state index is 0.464. The van der Waals surface area contributed by atoms with Gasteiger partial charge in [-0.25, -0.2) is 0 Å². The van der Waals surface area contributed by atoms with Crippen molar-refractivity contribution in [2.45, 2.75) is 45.4 Å². The van der Waals surface area contributed by atoms with E-state index in [0.29, 0.717) is 18.6 Å². The highest BCUT2D eigenvalue weighted by Gasteiger charge is 2.23. The summed E-state index contributed by atoms with van der Waals surface area (Å²) in [4.78, 5) is 4.38. The van der Waals surface area contributed by atoms with Crippen LogP contribution >= 0.6 is 0 Å². The van der Waals surface area contributed by atoms with Crippen LogP contribution in [0.25, 0.3) is 0 Å². The van der Waals surface area contributed by atoms with E-state index in [2.05, 4.69) is 18.8 Å². The molecule has 0 aliphatic heterocycles. The highest BCUT2D eigenvalue weighted by atomic mass is 16.6. The van der Waals surface area contributed by atoms with Gasteiger partial charge in [-0.15, -0.1) is 0 Å². The maximum Gasteiger partial charge on any atom is 0.393 e. The first-order valence-electron chi connectivity index (χ1n) is 5.43. The van der Waals surface area contributed by atoms with E-state index < -0.39 is 0 Å². The zero-order valence-electron chi connectivity index (χ0n) is 8.88. The number of fused-ring (bicyclic) bond motifs is 1. The van der Waals surface area contributed by atoms with E-state index in [-0.39, 0.29) is 0 Å². The molecule has 1 aliphatic carbocycles. The highest BCUT2D eigenvalue weighted by molar-refractivity contribution is 5.19. The van der Waals surface area contributed by atoms with Gasteiger partial charge in [0.25, 0.3) is 0 Å². The Morgan fingerprint density at radius 3 is 3.14 bits per heavy atom. The molecule has 1 heterocycles. The van der Waals surface area contributed by atoms with Gasteiger partial charge < -0.3 is 9.15 Å². The Kier molecular flexibility index (Phi) is 2.75. The van der Waals surface area contributed by atoms with Crippen LogP contribution in [0.4, 0.5) is 0 Å². The number of hydrogen-bond donors (Lipinski definition) is 0. The van der Waals surface area contributed by atoms with Crippen LogP contribution in [0.1, 0.15) is 50.5 Å². The molecule has 0 N–H and O–H groups in total. The molecule has 0 bridgehead atoms. The maximum atomic E-state index is 5.55. The minimum absolute atomic E-state index is 0.464. The molecule has 1 aromatic rings. The molecule has 0 saturated carbocycles. The standard InChI is InChI=1S/C11H17NO2/c1-3-7-13-11-12-10-8(2)5-4-6-9(10)14-11/h8H,3-7H2,1-2H3. The smallest absolute Gasteiger partial charge is 0.393 e. The van der Waals surface area contributed by atoms with Crippen molar-refractivity contribution >= 4 is 0 Å². The average Bonchev–Trinajstić information content (AvgIpc) is 2.59. The molecule has 3 nitrogen and oxygen atoms in total. The van der Waals surface area contributed by atoms with Gasteiger partial charge in [0.05, 0.1) is 12.3 Å². The molecule has 14 heavy (non-hydrogen) atoms. The van der Waals surface area contributed by atoms with Gasteiger partial charge in [0, 0.05) is 12.3 Å². The third-order valence-electron chi connectivity index (χ3n) is 2.65. The molecule has 0 spiro atoms. The van der Waals surface area contributed by atoms with E-state index >= 15 is 0 Å². The molecule has 78 valence electrons. The summed E-state index contributed by atoms with van der Waals surface area (Å²) in [6.45, 7) is 4.96. The molecule has 0 saturated heterocycles. The van der Waals surface area contributed by atoms with Crippen LogP contribution in [0.3, 0.4) is 0 Å². The molecule has 0 amide bonds. The van der Waals surface area contributed by atoms with Crippen molar-refractivity contribution < 1.29 is 9.15 Å². The second-order valence-electron chi connectivity index (χ2n) is 3.93. The number of ether oxygens (including phenoxy) is 1. The Morgan fingerprint density at radius 2 is 2.43 bits per heavy atom. The maximum absolute atomic E-state index is 5.55. The van der Waals surface area contributed by atoms with Crippen LogP contribution < -0.4 is 4.74 Å². The first-order chi connectivity index (χ1) is 6.81. The van der Waals surface area contributed by atoms with Crippen LogP contribution in [-0.2, 0) is 6.42 Å². The Morgan fingerprint density at radius 1 is 1.57 bits per heavy atom. The molecule has 3 heteroatoms. The van der Waals surface area contributed by atoms with E-state index in [1.807, 2.05) is 0 Å². The van der Waals surface area contributed by atoms with Gasteiger partial charge in [0.15, 0.2) is 0 Å². The topological polar surface area (TPSA) is 35.3 Å². The number of hydrogen-bond acceptors (Lipinski definition) is 3. The summed E-state index contributed by atoms with van der Waals surface area (Å²) in [5.74, 6) is 1.57. The summed E-state index contributed by atoms with van der Waals surface area (Å²) in [6.07, 6.45) is 4.89. The third kappa shape index (κ3) is 1.76. The van der Waals surface area contributed by atoms with Crippen molar-refractivity contribution in [3.63, 3.8) is 0 Å². The minimum Gasteiger partial charge on any atom is -0.450 e. The molecule has 0 radical (unpaired) electrons. The highest BCUT2D eigenvalue weighted by Crippen LogP contribution is 2.33. The second-order valence-corrected chi connectivity index (χ2v) is 3.93. The first kappa shape index (κ1) is 9.56. The summed E-state index contributed by atoms with van der Waals surface area (Å²) in [7, 11) is 0. The Hall–Kier alpha value is -0.990. The predicted octanol–water partition coefficient (Wildman–Crippen LogP) is 2.90. The lowest BCUT2D eigenvalue weighted by molar-refractivity contribution is 0.224. The molecule has 0 aromatic carbocycles. The van der Waals surface area contributed by atoms with Crippen molar-refractivity contribution in [1.29, 1.82) is 0 Å². The van der Waals surface area contributed by atoms with Crippen LogP contribution in [0.2, 0.25) is 0 Å². The van der Waals surface area contributed by atoms with Crippen molar-refractivity contribution in [3.8, 4) is 6.08 Å². The monoisotopic (exact) mass is 195 g/mol. The largest absolute Gasteiger partial charge is 0.450 e. The van der Waals surface area contributed by atoms with Crippen LogP contribution in [0.15, 0.2) is 4.42 Å². The Balaban J connectivity index is 2.13. The van der Waals surface area contributed by atoms with E-state index in [0.717, 1.165) is 24.3 Å². The lowest BCUT2D eigenvalue weighted by atomic mass is 9.92.